The lowest BCUT2D eigenvalue weighted by Gasteiger charge is -2.17. The first-order chi connectivity index (χ1) is 10.4. The highest BCUT2D eigenvalue weighted by atomic mass is 19.4. The summed E-state index contributed by atoms with van der Waals surface area (Å²) in [7, 11) is 0. The molecule has 0 amide bonds. The monoisotopic (exact) mass is 320 g/mol. The molecule has 0 saturated heterocycles. The number of carbonyl (C=O) groups is 1. The van der Waals surface area contributed by atoms with Crippen LogP contribution >= 0.6 is 0 Å². The summed E-state index contributed by atoms with van der Waals surface area (Å²) in [6, 6.07) is 4.04. The Morgan fingerprint density at radius 2 is 1.18 bits per heavy atom. The molecule has 0 spiro atoms. The minimum Gasteiger partial charge on any atom is -0.475 e. The average molecular weight is 320 g/mol. The number of alkyl halides is 3. The molecule has 2 fully saturated rings. The van der Waals surface area contributed by atoms with Gasteiger partial charge in [-0.05, 0) is 25.7 Å². The van der Waals surface area contributed by atoms with E-state index in [0.717, 1.165) is 0 Å². The third-order valence-corrected chi connectivity index (χ3v) is 3.87. The Bertz CT molecular complexity index is 370. The summed E-state index contributed by atoms with van der Waals surface area (Å²) in [5.74, 6) is -2.76. The van der Waals surface area contributed by atoms with Gasteiger partial charge in [0, 0.05) is 0 Å². The van der Waals surface area contributed by atoms with Crippen molar-refractivity contribution in [3.05, 3.63) is 0 Å². The van der Waals surface area contributed by atoms with Gasteiger partial charge in [-0.15, -0.1) is 0 Å². The van der Waals surface area contributed by atoms with Crippen LogP contribution in [0.2, 0.25) is 0 Å². The molecule has 22 heavy (non-hydrogen) atoms. The van der Waals surface area contributed by atoms with Crippen LogP contribution in [-0.4, -0.2) is 35.3 Å². The molecule has 0 radical (unpaired) electrons. The molecule has 2 rings (SSSR count). The summed E-state index contributed by atoms with van der Waals surface area (Å²) >= 11 is 0. The molecular weight excluding hydrogens is 297 g/mol. The number of carboxylic acids is 1. The smallest absolute Gasteiger partial charge is 0.475 e. The fraction of sp³-hybridized carbons (Fsp3) is 0.867. The number of rotatable bonds is 2. The van der Waals surface area contributed by atoms with E-state index in [0.29, 0.717) is 12.1 Å². The molecule has 0 unspecified atom stereocenters. The maximum atomic E-state index is 10.6. The lowest BCUT2D eigenvalue weighted by atomic mass is 9.96. The third kappa shape index (κ3) is 8.17. The van der Waals surface area contributed by atoms with Crippen LogP contribution in [0.5, 0.6) is 0 Å². The number of hydrogen-bond donors (Lipinski definition) is 1. The number of carboxylic acid groups (broad SMARTS) is 1. The number of aliphatic carboxylic acids is 1. The highest BCUT2D eigenvalue weighted by Crippen LogP contribution is 2.21. The molecule has 1 N–H and O–H groups in total. The summed E-state index contributed by atoms with van der Waals surface area (Å²) in [4.78, 5) is 17.8. The second-order valence-electron chi connectivity index (χ2n) is 5.74. The zero-order chi connectivity index (χ0) is 16.4. The highest BCUT2D eigenvalue weighted by Gasteiger charge is 2.38. The van der Waals surface area contributed by atoms with Crippen molar-refractivity contribution in [1.29, 1.82) is 0 Å². The summed E-state index contributed by atoms with van der Waals surface area (Å²) in [6.45, 7) is 0. The van der Waals surface area contributed by atoms with Crippen molar-refractivity contribution in [3.8, 4) is 0 Å². The molecule has 126 valence electrons. The van der Waals surface area contributed by atoms with Gasteiger partial charge in [0.1, 0.15) is 0 Å². The van der Waals surface area contributed by atoms with E-state index >= 15 is 0 Å². The van der Waals surface area contributed by atoms with Crippen LogP contribution in [0.4, 0.5) is 13.2 Å². The van der Waals surface area contributed by atoms with Crippen LogP contribution in [0, 0.1) is 0 Å². The SMILES string of the molecule is C(=NC1CCCCC1)=NC1CCCCC1.O=C(O)C(F)(F)F. The molecule has 0 bridgehead atoms. The molecule has 0 heterocycles. The lowest BCUT2D eigenvalue weighted by molar-refractivity contribution is -0.192. The summed E-state index contributed by atoms with van der Waals surface area (Å²) in [5, 5.41) is 7.12. The maximum absolute atomic E-state index is 10.6. The maximum Gasteiger partial charge on any atom is 0.490 e. The lowest BCUT2D eigenvalue weighted by Crippen LogP contribution is -2.21. The molecule has 0 aliphatic heterocycles. The van der Waals surface area contributed by atoms with E-state index in [-0.39, 0.29) is 0 Å². The van der Waals surface area contributed by atoms with Crippen LogP contribution in [0.15, 0.2) is 9.98 Å². The van der Waals surface area contributed by atoms with Crippen molar-refractivity contribution in [3.63, 3.8) is 0 Å². The van der Waals surface area contributed by atoms with Gasteiger partial charge in [0.2, 0.25) is 0 Å². The van der Waals surface area contributed by atoms with Gasteiger partial charge in [0.25, 0.3) is 0 Å². The van der Waals surface area contributed by atoms with Crippen molar-refractivity contribution in [1.82, 2.24) is 0 Å². The molecule has 7 heteroatoms. The van der Waals surface area contributed by atoms with Crippen LogP contribution in [0.1, 0.15) is 64.2 Å². The quantitative estimate of drug-likeness (QED) is 0.764. The second-order valence-corrected chi connectivity index (χ2v) is 5.74. The summed E-state index contributed by atoms with van der Waals surface area (Å²) in [6.07, 6.45) is 8.12. The second kappa shape index (κ2) is 9.62. The Balaban J connectivity index is 0.000000295. The van der Waals surface area contributed by atoms with E-state index in [2.05, 4.69) is 16.0 Å². The van der Waals surface area contributed by atoms with Gasteiger partial charge in [-0.3, -0.25) is 0 Å². The zero-order valence-electron chi connectivity index (χ0n) is 12.6. The Hall–Kier alpha value is -1.36. The van der Waals surface area contributed by atoms with Crippen LogP contribution in [0.3, 0.4) is 0 Å². The van der Waals surface area contributed by atoms with Crippen molar-refractivity contribution in [2.45, 2.75) is 82.5 Å². The first-order valence-corrected chi connectivity index (χ1v) is 7.84. The fourth-order valence-electron chi connectivity index (χ4n) is 2.62. The first-order valence-electron chi connectivity index (χ1n) is 7.84. The predicted molar refractivity (Wildman–Crippen MR) is 77.3 cm³/mol. The van der Waals surface area contributed by atoms with Crippen molar-refractivity contribution in [2.75, 3.05) is 0 Å². The normalized spacial score (nSPS) is 20.3. The Morgan fingerprint density at radius 3 is 1.45 bits per heavy atom. The number of halogens is 3. The predicted octanol–water partition coefficient (Wildman–Crippen LogP) is 4.46. The van der Waals surface area contributed by atoms with Crippen molar-refractivity contribution >= 4 is 12.0 Å². The average Bonchev–Trinajstić information content (AvgIpc) is 2.49. The van der Waals surface area contributed by atoms with Gasteiger partial charge in [-0.2, -0.15) is 13.2 Å². The molecule has 0 atom stereocenters. The number of nitrogens with zero attached hydrogens (tertiary/aromatic N) is 2. The van der Waals surface area contributed by atoms with E-state index < -0.39 is 12.1 Å². The van der Waals surface area contributed by atoms with E-state index in [1.54, 1.807) is 0 Å². The Morgan fingerprint density at radius 1 is 0.864 bits per heavy atom. The molecule has 2 aliphatic rings. The molecule has 2 aliphatic carbocycles. The van der Waals surface area contributed by atoms with E-state index in [4.69, 9.17) is 9.90 Å². The number of aliphatic imine (C=N–C) groups is 2. The standard InChI is InChI=1S/C13H22N2.C2HF3O2/c1-3-7-12(8-4-1)14-11-15-13-9-5-2-6-10-13;3-2(4,5)1(6)7/h12-13H,1-10H2;(H,6,7). The van der Waals surface area contributed by atoms with Crippen LogP contribution in [-0.2, 0) is 4.79 Å². The summed E-state index contributed by atoms with van der Waals surface area (Å²) < 4.78 is 31.7. The fourth-order valence-corrected chi connectivity index (χ4v) is 2.62. The first kappa shape index (κ1) is 18.7. The van der Waals surface area contributed by atoms with Crippen LogP contribution in [0.25, 0.3) is 0 Å². The van der Waals surface area contributed by atoms with E-state index in [1.807, 2.05) is 0 Å². The van der Waals surface area contributed by atoms with Crippen LogP contribution < -0.4 is 0 Å². The van der Waals surface area contributed by atoms with Gasteiger partial charge >= 0.3 is 12.1 Å². The molecule has 0 aromatic rings. The molecule has 2 saturated carbocycles. The van der Waals surface area contributed by atoms with Crippen molar-refractivity contribution in [2.24, 2.45) is 9.98 Å². The number of hydrogen-bond acceptors (Lipinski definition) is 3. The molecule has 0 aromatic heterocycles. The molecule has 0 aromatic carbocycles. The van der Waals surface area contributed by atoms with Gasteiger partial charge in [-0.1, -0.05) is 38.5 Å². The van der Waals surface area contributed by atoms with E-state index in [9.17, 15) is 13.2 Å². The highest BCUT2D eigenvalue weighted by molar-refractivity contribution is 5.73. The Kier molecular flexibility index (Phi) is 8.17. The zero-order valence-corrected chi connectivity index (χ0v) is 12.6. The minimum atomic E-state index is -5.08. The third-order valence-electron chi connectivity index (χ3n) is 3.87. The molecular formula is C15H23F3N2O2. The van der Waals surface area contributed by atoms with Gasteiger partial charge < -0.3 is 5.11 Å². The topological polar surface area (TPSA) is 62.0 Å². The minimum absolute atomic E-state index is 0.533. The van der Waals surface area contributed by atoms with Gasteiger partial charge in [0.15, 0.2) is 0 Å². The van der Waals surface area contributed by atoms with Crippen molar-refractivity contribution < 1.29 is 23.1 Å². The van der Waals surface area contributed by atoms with Gasteiger partial charge in [-0.25, -0.2) is 14.8 Å². The van der Waals surface area contributed by atoms with Gasteiger partial charge in [0.05, 0.1) is 18.1 Å². The largest absolute Gasteiger partial charge is 0.490 e. The van der Waals surface area contributed by atoms with E-state index in [1.165, 1.54) is 64.2 Å². The molecule has 4 nitrogen and oxygen atoms in total. The Labute approximate surface area is 128 Å². The summed E-state index contributed by atoms with van der Waals surface area (Å²) in [5.41, 5.74) is 0.